The molecule has 3 nitrogen and oxygen atoms in total. The summed E-state index contributed by atoms with van der Waals surface area (Å²) in [7, 11) is 0. The maximum atomic E-state index is 10.4. The number of carbonyl (C=O) groups excluding carboxylic acids is 1. The number of ether oxygens (including phenoxy) is 1. The number of hydrogen-bond acceptors (Lipinski definition) is 2. The van der Waals surface area contributed by atoms with Crippen molar-refractivity contribution in [2.75, 3.05) is 6.54 Å². The lowest BCUT2D eigenvalue weighted by atomic mass is 10.1. The smallest absolute Gasteiger partial charge is 0.407 e. The summed E-state index contributed by atoms with van der Waals surface area (Å²) >= 11 is 0. The minimum atomic E-state index is -0.284. The lowest BCUT2D eigenvalue weighted by molar-refractivity contribution is 0.115. The van der Waals surface area contributed by atoms with Crippen molar-refractivity contribution < 1.29 is 9.53 Å². The average Bonchev–Trinajstić information content (AvgIpc) is 2.14. The second kappa shape index (κ2) is 2.25. The molecule has 1 unspecified atom stereocenters. The van der Waals surface area contributed by atoms with Gasteiger partial charge in [-0.3, -0.25) is 0 Å². The molecule has 0 saturated carbocycles. The molecule has 0 aromatic rings. The van der Waals surface area contributed by atoms with Crippen LogP contribution in [0, 0.1) is 5.92 Å². The summed E-state index contributed by atoms with van der Waals surface area (Å²) in [6.07, 6.45) is -0.203. The molecule has 1 amide bonds. The lowest BCUT2D eigenvalue weighted by Crippen LogP contribution is -2.19. The molecule has 1 saturated heterocycles. The van der Waals surface area contributed by atoms with E-state index in [1.54, 1.807) is 0 Å². The normalized spacial score (nSPS) is 26.1. The minimum absolute atomic E-state index is 0.0810. The SMILES string of the molecule is CC(C)C1CNC(=O)O1. The summed E-state index contributed by atoms with van der Waals surface area (Å²) in [5, 5.41) is 2.59. The average molecular weight is 129 g/mol. The highest BCUT2D eigenvalue weighted by Crippen LogP contribution is 2.09. The standard InChI is InChI=1S/C6H11NO2/c1-4(2)5-3-7-6(8)9-5/h4-5H,3H2,1-2H3,(H,7,8). The maximum absolute atomic E-state index is 10.4. The maximum Gasteiger partial charge on any atom is 0.407 e. The van der Waals surface area contributed by atoms with Gasteiger partial charge in [-0.05, 0) is 5.92 Å². The Labute approximate surface area is 54.4 Å². The molecule has 1 fully saturated rings. The van der Waals surface area contributed by atoms with E-state index >= 15 is 0 Å². The molecule has 1 atom stereocenters. The van der Waals surface area contributed by atoms with Crippen LogP contribution >= 0.6 is 0 Å². The number of amides is 1. The number of rotatable bonds is 1. The Bertz CT molecular complexity index is 122. The first-order valence-electron chi connectivity index (χ1n) is 3.14. The molecule has 1 rings (SSSR count). The van der Waals surface area contributed by atoms with E-state index in [0.29, 0.717) is 12.5 Å². The van der Waals surface area contributed by atoms with Gasteiger partial charge in [0, 0.05) is 0 Å². The van der Waals surface area contributed by atoms with E-state index < -0.39 is 0 Å². The Morgan fingerprint density at radius 3 is 2.67 bits per heavy atom. The highest BCUT2D eigenvalue weighted by molar-refractivity contribution is 5.69. The van der Waals surface area contributed by atoms with E-state index in [9.17, 15) is 4.79 Å². The summed E-state index contributed by atoms with van der Waals surface area (Å²) in [4.78, 5) is 10.4. The molecule has 0 radical (unpaired) electrons. The van der Waals surface area contributed by atoms with Crippen molar-refractivity contribution in [3.63, 3.8) is 0 Å². The quantitative estimate of drug-likeness (QED) is 0.567. The van der Waals surface area contributed by atoms with Gasteiger partial charge in [0.2, 0.25) is 0 Å². The largest absolute Gasteiger partial charge is 0.444 e. The Kier molecular flexibility index (Phi) is 1.60. The molecule has 9 heavy (non-hydrogen) atoms. The van der Waals surface area contributed by atoms with Gasteiger partial charge in [0.1, 0.15) is 6.10 Å². The topological polar surface area (TPSA) is 38.3 Å². The monoisotopic (exact) mass is 129 g/mol. The number of hydrogen-bond donors (Lipinski definition) is 1. The Balaban J connectivity index is 2.39. The van der Waals surface area contributed by atoms with Crippen LogP contribution in [-0.4, -0.2) is 18.7 Å². The van der Waals surface area contributed by atoms with Crippen LogP contribution in [0.2, 0.25) is 0 Å². The molecule has 0 aliphatic carbocycles. The molecular weight excluding hydrogens is 118 g/mol. The van der Waals surface area contributed by atoms with Gasteiger partial charge >= 0.3 is 6.09 Å². The second-order valence-corrected chi connectivity index (χ2v) is 2.57. The fourth-order valence-electron chi connectivity index (χ4n) is 0.777. The van der Waals surface area contributed by atoms with Gasteiger partial charge in [-0.2, -0.15) is 0 Å². The molecule has 3 heteroatoms. The summed E-state index contributed by atoms with van der Waals surface area (Å²) in [6, 6.07) is 0. The van der Waals surface area contributed by atoms with Crippen molar-refractivity contribution in [1.29, 1.82) is 0 Å². The molecular formula is C6H11NO2. The van der Waals surface area contributed by atoms with E-state index in [1.165, 1.54) is 0 Å². The minimum Gasteiger partial charge on any atom is -0.444 e. The lowest BCUT2D eigenvalue weighted by Gasteiger charge is -2.09. The van der Waals surface area contributed by atoms with Crippen LogP contribution in [0.5, 0.6) is 0 Å². The van der Waals surface area contributed by atoms with Gasteiger partial charge < -0.3 is 10.1 Å². The van der Waals surface area contributed by atoms with E-state index in [1.807, 2.05) is 13.8 Å². The summed E-state index contributed by atoms with van der Waals surface area (Å²) in [5.41, 5.74) is 0. The zero-order valence-electron chi connectivity index (χ0n) is 5.68. The molecule has 0 spiro atoms. The molecule has 1 heterocycles. The third kappa shape index (κ3) is 1.34. The predicted molar refractivity (Wildman–Crippen MR) is 33.1 cm³/mol. The van der Waals surface area contributed by atoms with Gasteiger partial charge in [-0.25, -0.2) is 4.79 Å². The van der Waals surface area contributed by atoms with E-state index in [0.717, 1.165) is 0 Å². The highest BCUT2D eigenvalue weighted by Gasteiger charge is 2.24. The summed E-state index contributed by atoms with van der Waals surface area (Å²) in [5.74, 6) is 0.420. The molecule has 52 valence electrons. The van der Waals surface area contributed by atoms with Crippen LogP contribution in [0.1, 0.15) is 13.8 Å². The Morgan fingerprint density at radius 1 is 1.78 bits per heavy atom. The van der Waals surface area contributed by atoms with Crippen LogP contribution in [0.4, 0.5) is 4.79 Å². The first-order valence-corrected chi connectivity index (χ1v) is 3.14. The van der Waals surface area contributed by atoms with Crippen molar-refractivity contribution >= 4 is 6.09 Å². The van der Waals surface area contributed by atoms with Crippen molar-refractivity contribution in [2.24, 2.45) is 5.92 Å². The second-order valence-electron chi connectivity index (χ2n) is 2.57. The third-order valence-corrected chi connectivity index (χ3v) is 1.45. The van der Waals surface area contributed by atoms with Gasteiger partial charge in [-0.15, -0.1) is 0 Å². The van der Waals surface area contributed by atoms with Crippen LogP contribution < -0.4 is 5.32 Å². The number of cyclic esters (lactones) is 1. The van der Waals surface area contributed by atoms with Crippen molar-refractivity contribution in [1.82, 2.24) is 5.32 Å². The number of alkyl carbamates (subject to hydrolysis) is 1. The van der Waals surface area contributed by atoms with Gasteiger partial charge in [0.15, 0.2) is 0 Å². The number of nitrogens with one attached hydrogen (secondary N) is 1. The van der Waals surface area contributed by atoms with Crippen molar-refractivity contribution in [3.8, 4) is 0 Å². The van der Waals surface area contributed by atoms with Crippen molar-refractivity contribution in [2.45, 2.75) is 20.0 Å². The summed E-state index contributed by atoms with van der Waals surface area (Å²) < 4.78 is 4.87. The van der Waals surface area contributed by atoms with Gasteiger partial charge in [0.25, 0.3) is 0 Å². The molecule has 0 aromatic heterocycles. The zero-order chi connectivity index (χ0) is 6.85. The number of carbonyl (C=O) groups is 1. The molecule has 1 N–H and O–H groups in total. The van der Waals surface area contributed by atoms with Crippen LogP contribution in [0.3, 0.4) is 0 Å². The fourth-order valence-corrected chi connectivity index (χ4v) is 0.777. The Morgan fingerprint density at radius 2 is 2.44 bits per heavy atom. The molecule has 0 aromatic carbocycles. The zero-order valence-corrected chi connectivity index (χ0v) is 5.68. The van der Waals surface area contributed by atoms with E-state index in [4.69, 9.17) is 4.74 Å². The van der Waals surface area contributed by atoms with Crippen LogP contribution in [0.25, 0.3) is 0 Å². The molecule has 1 aliphatic heterocycles. The predicted octanol–water partition coefficient (Wildman–Crippen LogP) is 0.751. The first kappa shape index (κ1) is 6.39. The highest BCUT2D eigenvalue weighted by atomic mass is 16.6. The van der Waals surface area contributed by atoms with E-state index in [-0.39, 0.29) is 12.2 Å². The van der Waals surface area contributed by atoms with Crippen molar-refractivity contribution in [3.05, 3.63) is 0 Å². The van der Waals surface area contributed by atoms with Crippen LogP contribution in [0.15, 0.2) is 0 Å². The van der Waals surface area contributed by atoms with Crippen LogP contribution in [-0.2, 0) is 4.74 Å². The van der Waals surface area contributed by atoms with E-state index in [2.05, 4.69) is 5.32 Å². The third-order valence-electron chi connectivity index (χ3n) is 1.45. The fraction of sp³-hybridized carbons (Fsp3) is 0.833. The molecule has 0 bridgehead atoms. The van der Waals surface area contributed by atoms with Gasteiger partial charge in [-0.1, -0.05) is 13.8 Å². The van der Waals surface area contributed by atoms with Gasteiger partial charge in [0.05, 0.1) is 6.54 Å². The Hall–Kier alpha value is -0.730. The summed E-state index contributed by atoms with van der Waals surface area (Å²) in [6.45, 7) is 4.73. The first-order chi connectivity index (χ1) is 4.20. The molecule has 1 aliphatic rings.